The number of hydrogen-bond donors (Lipinski definition) is 1. The van der Waals surface area contributed by atoms with Gasteiger partial charge in [-0.2, -0.15) is 0 Å². The van der Waals surface area contributed by atoms with Gasteiger partial charge in [0.25, 0.3) is 0 Å². The van der Waals surface area contributed by atoms with Crippen molar-refractivity contribution in [3.8, 4) is 0 Å². The summed E-state index contributed by atoms with van der Waals surface area (Å²) in [4.78, 5) is 11.9. The number of aryl methyl sites for hydroxylation is 2. The Hall–Kier alpha value is -1.74. The van der Waals surface area contributed by atoms with Crippen molar-refractivity contribution in [3.05, 3.63) is 58.4 Å². The second-order valence-corrected chi connectivity index (χ2v) is 5.29. The Labute approximate surface area is 124 Å². The van der Waals surface area contributed by atoms with Crippen LogP contribution in [0.25, 0.3) is 0 Å². The molecule has 0 saturated heterocycles. The highest BCUT2D eigenvalue weighted by Gasteiger charge is 2.06. The van der Waals surface area contributed by atoms with Gasteiger partial charge in [0, 0.05) is 35.9 Å². The molecule has 0 spiro atoms. The average Bonchev–Trinajstić information content (AvgIpc) is 2.75. The number of halogens is 1. The minimum Gasteiger partial charge on any atom is -0.352 e. The molecule has 0 saturated carbocycles. The van der Waals surface area contributed by atoms with E-state index in [4.69, 9.17) is 11.6 Å². The van der Waals surface area contributed by atoms with E-state index in [0.717, 1.165) is 5.56 Å². The standard InChI is InChI=1S/C16H19ClN2O/c1-12-7-8-13(2)19(12)10-9-16(20)18-11-14-5-3-4-6-15(14)17/h3-8H,9-11H2,1-2H3,(H,18,20). The zero-order chi connectivity index (χ0) is 14.5. The lowest BCUT2D eigenvalue weighted by molar-refractivity contribution is -0.121. The van der Waals surface area contributed by atoms with Crippen molar-refractivity contribution in [3.63, 3.8) is 0 Å². The maximum absolute atomic E-state index is 11.9. The maximum Gasteiger partial charge on any atom is 0.222 e. The van der Waals surface area contributed by atoms with Crippen molar-refractivity contribution in [2.45, 2.75) is 33.4 Å². The van der Waals surface area contributed by atoms with Crippen LogP contribution >= 0.6 is 11.6 Å². The monoisotopic (exact) mass is 290 g/mol. The maximum atomic E-state index is 11.9. The normalized spacial score (nSPS) is 10.6. The van der Waals surface area contributed by atoms with E-state index in [0.29, 0.717) is 24.5 Å². The van der Waals surface area contributed by atoms with E-state index in [1.54, 1.807) is 0 Å². The first-order chi connectivity index (χ1) is 9.58. The Morgan fingerprint density at radius 2 is 1.80 bits per heavy atom. The summed E-state index contributed by atoms with van der Waals surface area (Å²) in [6.45, 7) is 5.28. The van der Waals surface area contributed by atoms with Crippen molar-refractivity contribution in [1.29, 1.82) is 0 Å². The molecule has 0 aliphatic heterocycles. The highest BCUT2D eigenvalue weighted by molar-refractivity contribution is 6.31. The van der Waals surface area contributed by atoms with Crippen molar-refractivity contribution in [1.82, 2.24) is 9.88 Å². The number of hydrogen-bond acceptors (Lipinski definition) is 1. The van der Waals surface area contributed by atoms with Gasteiger partial charge < -0.3 is 9.88 Å². The quantitative estimate of drug-likeness (QED) is 0.899. The summed E-state index contributed by atoms with van der Waals surface area (Å²) in [6.07, 6.45) is 0.473. The van der Waals surface area contributed by atoms with E-state index in [9.17, 15) is 4.79 Å². The molecular weight excluding hydrogens is 272 g/mol. The molecule has 0 radical (unpaired) electrons. The van der Waals surface area contributed by atoms with Gasteiger partial charge in [0.05, 0.1) is 0 Å². The SMILES string of the molecule is Cc1ccc(C)n1CCC(=O)NCc1ccccc1Cl. The van der Waals surface area contributed by atoms with E-state index in [-0.39, 0.29) is 5.91 Å². The molecule has 3 nitrogen and oxygen atoms in total. The minimum atomic E-state index is 0.0393. The summed E-state index contributed by atoms with van der Waals surface area (Å²) in [5.74, 6) is 0.0393. The summed E-state index contributed by atoms with van der Waals surface area (Å²) in [7, 11) is 0. The molecule has 1 amide bonds. The minimum absolute atomic E-state index is 0.0393. The molecule has 4 heteroatoms. The topological polar surface area (TPSA) is 34.0 Å². The van der Waals surface area contributed by atoms with Crippen molar-refractivity contribution >= 4 is 17.5 Å². The van der Waals surface area contributed by atoms with Gasteiger partial charge in [-0.1, -0.05) is 29.8 Å². The van der Waals surface area contributed by atoms with Crippen molar-refractivity contribution in [2.24, 2.45) is 0 Å². The Kier molecular flexibility index (Phi) is 4.85. The first kappa shape index (κ1) is 14.7. The second-order valence-electron chi connectivity index (χ2n) is 4.89. The number of rotatable bonds is 5. The first-order valence-electron chi connectivity index (χ1n) is 6.71. The van der Waals surface area contributed by atoms with Crippen LogP contribution in [0.4, 0.5) is 0 Å². The zero-order valence-corrected chi connectivity index (χ0v) is 12.6. The second kappa shape index (κ2) is 6.62. The molecule has 20 heavy (non-hydrogen) atoms. The third-order valence-electron chi connectivity index (χ3n) is 3.41. The van der Waals surface area contributed by atoms with E-state index < -0.39 is 0 Å². The van der Waals surface area contributed by atoms with Gasteiger partial charge in [-0.3, -0.25) is 4.79 Å². The Balaban J connectivity index is 1.83. The molecular formula is C16H19ClN2O. The summed E-state index contributed by atoms with van der Waals surface area (Å²) >= 11 is 6.05. The van der Waals surface area contributed by atoms with Crippen LogP contribution in [0.15, 0.2) is 36.4 Å². The van der Waals surface area contributed by atoms with Crippen LogP contribution in [-0.4, -0.2) is 10.5 Å². The smallest absolute Gasteiger partial charge is 0.222 e. The first-order valence-corrected chi connectivity index (χ1v) is 7.08. The molecule has 2 rings (SSSR count). The fourth-order valence-corrected chi connectivity index (χ4v) is 2.39. The molecule has 0 bridgehead atoms. The molecule has 0 unspecified atom stereocenters. The fourth-order valence-electron chi connectivity index (χ4n) is 2.19. The Morgan fingerprint density at radius 1 is 1.15 bits per heavy atom. The lowest BCUT2D eigenvalue weighted by Gasteiger charge is -2.10. The van der Waals surface area contributed by atoms with Gasteiger partial charge in [0.15, 0.2) is 0 Å². The van der Waals surface area contributed by atoms with Crippen molar-refractivity contribution in [2.75, 3.05) is 0 Å². The van der Waals surface area contributed by atoms with Gasteiger partial charge >= 0.3 is 0 Å². The molecule has 106 valence electrons. The van der Waals surface area contributed by atoms with Crippen LogP contribution < -0.4 is 5.32 Å². The number of nitrogens with one attached hydrogen (secondary N) is 1. The summed E-state index contributed by atoms with van der Waals surface area (Å²) < 4.78 is 2.15. The number of carbonyl (C=O) groups is 1. The zero-order valence-electron chi connectivity index (χ0n) is 11.8. The van der Waals surface area contributed by atoms with E-state index in [2.05, 4.69) is 35.9 Å². The molecule has 0 aliphatic carbocycles. The number of benzene rings is 1. The van der Waals surface area contributed by atoms with Crippen molar-refractivity contribution < 1.29 is 4.79 Å². The van der Waals surface area contributed by atoms with Gasteiger partial charge in [-0.25, -0.2) is 0 Å². The third kappa shape index (κ3) is 3.64. The van der Waals surface area contributed by atoms with E-state index in [1.807, 2.05) is 24.3 Å². The lowest BCUT2D eigenvalue weighted by atomic mass is 10.2. The highest BCUT2D eigenvalue weighted by Crippen LogP contribution is 2.14. The molecule has 1 aromatic carbocycles. The van der Waals surface area contributed by atoms with Gasteiger partial charge in [-0.05, 0) is 37.6 Å². The lowest BCUT2D eigenvalue weighted by Crippen LogP contribution is -2.24. The Bertz CT molecular complexity index is 585. The predicted octanol–water partition coefficient (Wildman–Crippen LogP) is 3.46. The molecule has 0 aliphatic rings. The van der Waals surface area contributed by atoms with E-state index in [1.165, 1.54) is 11.4 Å². The average molecular weight is 291 g/mol. The summed E-state index contributed by atoms with van der Waals surface area (Å²) in [6, 6.07) is 11.7. The van der Waals surface area contributed by atoms with Crippen LogP contribution in [0.3, 0.4) is 0 Å². The number of amides is 1. The number of aromatic nitrogens is 1. The van der Waals surface area contributed by atoms with Crippen LogP contribution in [0.5, 0.6) is 0 Å². The molecule has 0 fully saturated rings. The largest absolute Gasteiger partial charge is 0.352 e. The Morgan fingerprint density at radius 3 is 2.45 bits per heavy atom. The van der Waals surface area contributed by atoms with Gasteiger partial charge in [0.1, 0.15) is 0 Å². The van der Waals surface area contributed by atoms with Crippen LogP contribution in [-0.2, 0) is 17.9 Å². The summed E-state index contributed by atoms with van der Waals surface area (Å²) in [5.41, 5.74) is 3.30. The molecule has 1 N–H and O–H groups in total. The molecule has 2 aromatic rings. The molecule has 0 atom stereocenters. The van der Waals surface area contributed by atoms with Crippen LogP contribution in [0.2, 0.25) is 5.02 Å². The number of nitrogens with zero attached hydrogens (tertiary/aromatic N) is 1. The summed E-state index contributed by atoms with van der Waals surface area (Å²) in [5, 5.41) is 3.59. The third-order valence-corrected chi connectivity index (χ3v) is 3.78. The predicted molar refractivity (Wildman–Crippen MR) is 81.8 cm³/mol. The molecule has 1 heterocycles. The molecule has 1 aromatic heterocycles. The highest BCUT2D eigenvalue weighted by atomic mass is 35.5. The fraction of sp³-hybridized carbons (Fsp3) is 0.312. The van der Waals surface area contributed by atoms with Crippen LogP contribution in [0.1, 0.15) is 23.4 Å². The number of carbonyl (C=O) groups excluding carboxylic acids is 1. The van der Waals surface area contributed by atoms with Crippen LogP contribution in [0, 0.1) is 13.8 Å². The van der Waals surface area contributed by atoms with Gasteiger partial charge in [-0.15, -0.1) is 0 Å². The van der Waals surface area contributed by atoms with Gasteiger partial charge in [0.2, 0.25) is 5.91 Å². The van der Waals surface area contributed by atoms with E-state index >= 15 is 0 Å².